The standard InChI is InChI=1S/C4H4ClO2P/c5-4-2-1-3-6-8-7-4/h1-3,8H. The molecule has 0 bridgehead atoms. The molecular formula is C4H4ClO2P. The van der Waals surface area contributed by atoms with Crippen molar-refractivity contribution in [2.24, 2.45) is 0 Å². The lowest BCUT2D eigenvalue weighted by atomic mass is 10.6. The minimum atomic E-state index is -0.0120. The average Bonchev–Trinajstić information content (AvgIpc) is 1.94. The van der Waals surface area contributed by atoms with E-state index in [-0.39, 0.29) is 8.67 Å². The largest absolute Gasteiger partial charge is 0.430 e. The maximum atomic E-state index is 5.44. The maximum absolute atomic E-state index is 5.44. The Morgan fingerprint density at radius 1 is 1.62 bits per heavy atom. The molecule has 0 saturated carbocycles. The molecule has 0 spiro atoms. The molecule has 8 heavy (non-hydrogen) atoms. The van der Waals surface area contributed by atoms with Gasteiger partial charge in [0.1, 0.15) is 0 Å². The van der Waals surface area contributed by atoms with Crippen LogP contribution in [0, 0.1) is 0 Å². The van der Waals surface area contributed by atoms with Gasteiger partial charge in [-0.2, -0.15) is 0 Å². The van der Waals surface area contributed by atoms with Gasteiger partial charge in [0, 0.05) is 0 Å². The molecule has 1 unspecified atom stereocenters. The van der Waals surface area contributed by atoms with Crippen molar-refractivity contribution in [1.29, 1.82) is 0 Å². The van der Waals surface area contributed by atoms with E-state index in [1.807, 2.05) is 0 Å². The van der Waals surface area contributed by atoms with Crippen LogP contribution in [0.2, 0.25) is 5.22 Å². The van der Waals surface area contributed by atoms with Crippen molar-refractivity contribution in [3.05, 3.63) is 23.6 Å². The third-order valence-electron chi connectivity index (χ3n) is 0.561. The van der Waals surface area contributed by atoms with Crippen LogP contribution < -0.4 is 0 Å². The predicted octanol–water partition coefficient (Wildman–Crippen LogP) is 2.68. The fraction of sp³-hybridized carbons (Fsp3) is 0. The third kappa shape index (κ3) is 1.65. The second-order valence-corrected chi connectivity index (χ2v) is 2.08. The zero-order chi connectivity index (χ0) is 5.82. The smallest absolute Gasteiger partial charge is 0.202 e. The van der Waals surface area contributed by atoms with Gasteiger partial charge >= 0.3 is 0 Å². The zero-order valence-electron chi connectivity index (χ0n) is 3.93. The van der Waals surface area contributed by atoms with Gasteiger partial charge in [-0.1, -0.05) is 0 Å². The first kappa shape index (κ1) is 5.80. The summed E-state index contributed by atoms with van der Waals surface area (Å²) in [6, 6.07) is 3.31. The van der Waals surface area contributed by atoms with E-state index in [9.17, 15) is 0 Å². The highest BCUT2D eigenvalue weighted by atomic mass is 35.5. The fourth-order valence-electron chi connectivity index (χ4n) is 0.280. The Kier molecular flexibility index (Phi) is 2.07. The number of hydrogen-bond donors (Lipinski definition) is 0. The van der Waals surface area contributed by atoms with E-state index >= 15 is 0 Å². The molecule has 1 rings (SSSR count). The molecule has 0 radical (unpaired) electrons. The normalized spacial score (nSPS) is 9.62. The quantitative estimate of drug-likeness (QED) is 0.568. The van der Waals surface area contributed by atoms with E-state index in [0.717, 1.165) is 0 Å². The topological polar surface area (TPSA) is 26.3 Å². The van der Waals surface area contributed by atoms with Gasteiger partial charge in [0.2, 0.25) is 8.67 Å². The van der Waals surface area contributed by atoms with Gasteiger partial charge in [-0.15, -0.1) is 0 Å². The summed E-state index contributed by atoms with van der Waals surface area (Å²) in [7, 11) is -0.0120. The van der Waals surface area contributed by atoms with Crippen LogP contribution in [0.5, 0.6) is 0 Å². The lowest BCUT2D eigenvalue weighted by molar-refractivity contribution is 0.610. The summed E-state index contributed by atoms with van der Waals surface area (Å²) in [6.45, 7) is 0. The Labute approximate surface area is 53.0 Å². The van der Waals surface area contributed by atoms with Crippen molar-refractivity contribution in [3.63, 3.8) is 0 Å². The highest BCUT2D eigenvalue weighted by Crippen LogP contribution is 2.10. The van der Waals surface area contributed by atoms with Crippen molar-refractivity contribution in [2.45, 2.75) is 0 Å². The van der Waals surface area contributed by atoms with Crippen LogP contribution in [0.1, 0.15) is 0 Å². The molecule has 1 heterocycles. The molecule has 0 aliphatic heterocycles. The lowest BCUT2D eigenvalue weighted by Crippen LogP contribution is -1.42. The van der Waals surface area contributed by atoms with Crippen LogP contribution in [-0.2, 0) is 0 Å². The summed E-state index contributed by atoms with van der Waals surface area (Å²) in [5, 5.41) is 0.372. The number of hydrogen-bond acceptors (Lipinski definition) is 2. The van der Waals surface area contributed by atoms with Gasteiger partial charge in [0.25, 0.3) is 0 Å². The first-order valence-corrected chi connectivity index (χ1v) is 3.19. The second kappa shape index (κ2) is 2.85. The Bertz CT molecular complexity index is 168. The lowest BCUT2D eigenvalue weighted by Gasteiger charge is -1.71. The molecule has 44 valence electrons. The van der Waals surface area contributed by atoms with E-state index in [1.54, 1.807) is 12.1 Å². The molecule has 4 heteroatoms. The van der Waals surface area contributed by atoms with Crippen LogP contribution in [0.3, 0.4) is 0 Å². The Morgan fingerprint density at radius 3 is 3.38 bits per heavy atom. The van der Waals surface area contributed by atoms with Crippen LogP contribution >= 0.6 is 20.3 Å². The molecule has 2 nitrogen and oxygen atoms in total. The Hall–Kier alpha value is -0.330. The molecular weight excluding hydrogens is 146 g/mol. The molecule has 0 aromatic carbocycles. The summed E-state index contributed by atoms with van der Waals surface area (Å²) in [5.74, 6) is 0. The van der Waals surface area contributed by atoms with Crippen molar-refractivity contribution in [2.75, 3.05) is 0 Å². The average molecular weight is 151 g/mol. The Morgan fingerprint density at radius 2 is 2.50 bits per heavy atom. The van der Waals surface area contributed by atoms with Gasteiger partial charge in [-0.05, 0) is 23.7 Å². The molecule has 0 aliphatic carbocycles. The highest BCUT2D eigenvalue weighted by Gasteiger charge is 1.77. The predicted molar refractivity (Wildman–Crippen MR) is 33.1 cm³/mol. The first-order chi connectivity index (χ1) is 3.89. The molecule has 0 fully saturated rings. The van der Waals surface area contributed by atoms with Gasteiger partial charge < -0.3 is 8.39 Å². The van der Waals surface area contributed by atoms with Gasteiger partial charge in [-0.3, -0.25) is 0 Å². The van der Waals surface area contributed by atoms with Crippen molar-refractivity contribution >= 4 is 20.3 Å². The summed E-state index contributed by atoms with van der Waals surface area (Å²) < 4.78 is 9.53. The van der Waals surface area contributed by atoms with Gasteiger partial charge in [-0.25, -0.2) is 0 Å². The van der Waals surface area contributed by atoms with Crippen molar-refractivity contribution in [3.8, 4) is 0 Å². The summed E-state index contributed by atoms with van der Waals surface area (Å²) >= 11 is 5.44. The molecule has 1 aromatic heterocycles. The monoisotopic (exact) mass is 150 g/mol. The van der Waals surface area contributed by atoms with E-state index in [4.69, 9.17) is 20.0 Å². The number of halogens is 1. The molecule has 0 saturated heterocycles. The van der Waals surface area contributed by atoms with Crippen LogP contribution in [0.15, 0.2) is 26.8 Å². The van der Waals surface area contributed by atoms with E-state index in [1.165, 1.54) is 6.26 Å². The van der Waals surface area contributed by atoms with Crippen LogP contribution in [0.25, 0.3) is 0 Å². The van der Waals surface area contributed by atoms with E-state index < -0.39 is 0 Å². The molecule has 0 aliphatic rings. The highest BCUT2D eigenvalue weighted by molar-refractivity contribution is 7.15. The van der Waals surface area contributed by atoms with E-state index in [2.05, 4.69) is 0 Å². The molecule has 0 amide bonds. The molecule has 1 atom stereocenters. The number of rotatable bonds is 0. The summed E-state index contributed by atoms with van der Waals surface area (Å²) in [5.41, 5.74) is 0. The van der Waals surface area contributed by atoms with Crippen molar-refractivity contribution in [1.82, 2.24) is 0 Å². The van der Waals surface area contributed by atoms with Crippen LogP contribution in [0.4, 0.5) is 0 Å². The van der Waals surface area contributed by atoms with E-state index in [0.29, 0.717) is 5.22 Å². The molecule has 0 N–H and O–H groups in total. The zero-order valence-corrected chi connectivity index (χ0v) is 5.68. The summed E-state index contributed by atoms with van der Waals surface area (Å²) in [4.78, 5) is 0. The van der Waals surface area contributed by atoms with Gasteiger partial charge in [0.05, 0.1) is 6.26 Å². The van der Waals surface area contributed by atoms with Crippen molar-refractivity contribution < 1.29 is 8.39 Å². The third-order valence-corrected chi connectivity index (χ3v) is 1.43. The first-order valence-electron chi connectivity index (χ1n) is 1.99. The summed E-state index contributed by atoms with van der Waals surface area (Å²) in [6.07, 6.45) is 1.54. The minimum Gasteiger partial charge on any atom is -0.430 e. The SMILES string of the molecule is Clc1ccco[pH]o1. The second-order valence-electron chi connectivity index (χ2n) is 1.10. The minimum absolute atomic E-state index is 0.0120. The fourth-order valence-corrected chi connectivity index (χ4v) is 0.777. The Balaban J connectivity index is 3.12. The van der Waals surface area contributed by atoms with Gasteiger partial charge in [0.15, 0.2) is 5.22 Å². The molecule has 1 aromatic rings. The van der Waals surface area contributed by atoms with Crippen LogP contribution in [-0.4, -0.2) is 0 Å². The maximum Gasteiger partial charge on any atom is 0.202 e.